The molecule has 1 amide bonds. The van der Waals surface area contributed by atoms with Crippen LogP contribution in [0.2, 0.25) is 0 Å². The number of benzene rings is 3. The van der Waals surface area contributed by atoms with Gasteiger partial charge in [-0.3, -0.25) is 9.36 Å². The minimum absolute atomic E-state index is 0.123. The van der Waals surface area contributed by atoms with E-state index >= 15 is 0 Å². The highest BCUT2D eigenvalue weighted by Gasteiger charge is 2.17. The van der Waals surface area contributed by atoms with Crippen molar-refractivity contribution in [2.45, 2.75) is 12.1 Å². The van der Waals surface area contributed by atoms with E-state index in [9.17, 15) is 9.90 Å². The number of para-hydroxylation sites is 1. The van der Waals surface area contributed by atoms with Gasteiger partial charge in [0.1, 0.15) is 5.75 Å². The molecule has 0 fully saturated rings. The van der Waals surface area contributed by atoms with Crippen LogP contribution in [0.5, 0.6) is 5.75 Å². The number of aromatic nitrogens is 3. The summed E-state index contributed by atoms with van der Waals surface area (Å²) in [6.45, 7) is 1.79. The molecule has 0 saturated heterocycles. The lowest BCUT2D eigenvalue weighted by molar-refractivity contribution is -0.118. The Hall–Kier alpha value is -3.43. The Kier molecular flexibility index (Phi) is 7.21. The lowest BCUT2D eigenvalue weighted by Crippen LogP contribution is -2.21. The van der Waals surface area contributed by atoms with Gasteiger partial charge in [-0.25, -0.2) is 5.43 Å². The third-order valence-corrected chi connectivity index (χ3v) is 6.17. The van der Waals surface area contributed by atoms with Crippen LogP contribution in [0.3, 0.4) is 0 Å². The van der Waals surface area contributed by atoms with E-state index in [1.807, 2.05) is 59.2 Å². The van der Waals surface area contributed by atoms with Gasteiger partial charge in [0.15, 0.2) is 11.0 Å². The van der Waals surface area contributed by atoms with Gasteiger partial charge in [0.05, 0.1) is 11.5 Å². The number of amides is 1. The molecule has 3 aromatic carbocycles. The second-order valence-electron chi connectivity index (χ2n) is 7.05. The summed E-state index contributed by atoms with van der Waals surface area (Å²) in [4.78, 5) is 12.4. The number of thioether (sulfide) groups is 1. The van der Waals surface area contributed by atoms with Crippen molar-refractivity contribution in [3.05, 3.63) is 88.9 Å². The fourth-order valence-corrected chi connectivity index (χ4v) is 4.04. The smallest absolute Gasteiger partial charge is 0.250 e. The number of phenols is 1. The molecule has 0 aliphatic rings. The average molecular weight is 522 g/mol. The summed E-state index contributed by atoms with van der Waals surface area (Å²) in [6, 6.07) is 24.3. The molecule has 0 bridgehead atoms. The first-order chi connectivity index (χ1) is 16.0. The van der Waals surface area contributed by atoms with Gasteiger partial charge in [-0.1, -0.05) is 58.0 Å². The van der Waals surface area contributed by atoms with Crippen molar-refractivity contribution in [1.29, 1.82) is 0 Å². The molecular weight excluding hydrogens is 502 g/mol. The van der Waals surface area contributed by atoms with E-state index in [4.69, 9.17) is 0 Å². The van der Waals surface area contributed by atoms with Crippen LogP contribution in [0.15, 0.2) is 93.6 Å². The SMILES string of the molecule is CC(=NNC(=O)CSc1nnc(-c2ccc(Br)cc2)n1-c1ccccc1)c1ccc(O)cc1. The summed E-state index contributed by atoms with van der Waals surface area (Å²) in [5.41, 5.74) is 5.84. The number of hydrogen-bond donors (Lipinski definition) is 2. The van der Waals surface area contributed by atoms with Crippen molar-refractivity contribution in [1.82, 2.24) is 20.2 Å². The summed E-state index contributed by atoms with van der Waals surface area (Å²) in [5.74, 6) is 0.734. The van der Waals surface area contributed by atoms with Gasteiger partial charge in [-0.15, -0.1) is 10.2 Å². The number of carbonyl (C=O) groups is 1. The predicted octanol–water partition coefficient (Wildman–Crippen LogP) is 5.03. The number of hydrogen-bond acceptors (Lipinski definition) is 6. The summed E-state index contributed by atoms with van der Waals surface area (Å²) in [7, 11) is 0. The van der Waals surface area contributed by atoms with Gasteiger partial charge in [0.25, 0.3) is 5.91 Å². The highest BCUT2D eigenvalue weighted by molar-refractivity contribution is 9.10. The van der Waals surface area contributed by atoms with Crippen LogP contribution in [0.25, 0.3) is 17.1 Å². The minimum atomic E-state index is -0.258. The largest absolute Gasteiger partial charge is 0.508 e. The lowest BCUT2D eigenvalue weighted by Gasteiger charge is -2.10. The summed E-state index contributed by atoms with van der Waals surface area (Å²) in [5, 5.41) is 22.9. The fourth-order valence-electron chi connectivity index (χ4n) is 3.03. The van der Waals surface area contributed by atoms with Crippen LogP contribution in [-0.4, -0.2) is 37.2 Å². The third-order valence-electron chi connectivity index (χ3n) is 4.72. The van der Waals surface area contributed by atoms with Gasteiger partial charge in [0, 0.05) is 15.7 Å². The average Bonchev–Trinajstić information content (AvgIpc) is 3.26. The Labute approximate surface area is 203 Å². The fraction of sp³-hybridized carbons (Fsp3) is 0.0833. The molecule has 4 rings (SSSR count). The zero-order chi connectivity index (χ0) is 23.2. The standard InChI is InChI=1S/C24H20BrN5O2S/c1-16(17-9-13-21(31)14-10-17)26-27-22(32)15-33-24-29-28-23(18-7-11-19(25)12-8-18)30(24)20-5-3-2-4-6-20/h2-14,31H,15H2,1H3,(H,27,32). The predicted molar refractivity (Wildman–Crippen MR) is 134 cm³/mol. The van der Waals surface area contributed by atoms with E-state index in [0.29, 0.717) is 16.7 Å². The van der Waals surface area contributed by atoms with E-state index in [1.165, 1.54) is 11.8 Å². The van der Waals surface area contributed by atoms with Crippen LogP contribution >= 0.6 is 27.7 Å². The van der Waals surface area contributed by atoms with Crippen molar-refractivity contribution >= 4 is 39.3 Å². The molecule has 7 nitrogen and oxygen atoms in total. The molecule has 1 aromatic heterocycles. The molecule has 0 aliphatic heterocycles. The Morgan fingerprint density at radius 2 is 1.73 bits per heavy atom. The number of hydrazone groups is 1. The van der Waals surface area contributed by atoms with Crippen LogP contribution < -0.4 is 5.43 Å². The quantitative estimate of drug-likeness (QED) is 0.202. The molecule has 2 N–H and O–H groups in total. The molecule has 0 radical (unpaired) electrons. The maximum atomic E-state index is 12.4. The van der Waals surface area contributed by atoms with Gasteiger partial charge < -0.3 is 5.11 Å². The van der Waals surface area contributed by atoms with Gasteiger partial charge in [0.2, 0.25) is 0 Å². The Morgan fingerprint density at radius 1 is 1.03 bits per heavy atom. The number of phenolic OH excluding ortho intramolecular Hbond substituents is 1. The molecule has 1 heterocycles. The summed E-state index contributed by atoms with van der Waals surface area (Å²) >= 11 is 4.74. The van der Waals surface area contributed by atoms with E-state index in [2.05, 4.69) is 36.7 Å². The van der Waals surface area contributed by atoms with Crippen molar-refractivity contribution in [2.75, 3.05) is 5.75 Å². The van der Waals surface area contributed by atoms with E-state index in [0.717, 1.165) is 21.3 Å². The van der Waals surface area contributed by atoms with Gasteiger partial charge in [-0.2, -0.15) is 5.10 Å². The van der Waals surface area contributed by atoms with Crippen molar-refractivity contribution < 1.29 is 9.90 Å². The van der Waals surface area contributed by atoms with E-state index < -0.39 is 0 Å². The number of carbonyl (C=O) groups excluding carboxylic acids is 1. The van der Waals surface area contributed by atoms with Crippen molar-refractivity contribution in [3.8, 4) is 22.8 Å². The second kappa shape index (κ2) is 10.5. The monoisotopic (exact) mass is 521 g/mol. The topological polar surface area (TPSA) is 92.4 Å². The molecule has 0 unspecified atom stereocenters. The van der Waals surface area contributed by atoms with E-state index in [1.54, 1.807) is 31.2 Å². The molecule has 166 valence electrons. The van der Waals surface area contributed by atoms with Gasteiger partial charge >= 0.3 is 0 Å². The minimum Gasteiger partial charge on any atom is -0.508 e. The van der Waals surface area contributed by atoms with Crippen LogP contribution in [0.1, 0.15) is 12.5 Å². The molecule has 4 aromatic rings. The highest BCUT2D eigenvalue weighted by atomic mass is 79.9. The number of halogens is 1. The molecule has 33 heavy (non-hydrogen) atoms. The summed E-state index contributed by atoms with van der Waals surface area (Å²) in [6.07, 6.45) is 0. The first kappa shape index (κ1) is 22.8. The first-order valence-electron chi connectivity index (χ1n) is 10.0. The number of nitrogens with zero attached hydrogens (tertiary/aromatic N) is 4. The Balaban J connectivity index is 1.51. The van der Waals surface area contributed by atoms with Crippen LogP contribution in [-0.2, 0) is 4.79 Å². The molecule has 0 atom stereocenters. The van der Waals surface area contributed by atoms with E-state index in [-0.39, 0.29) is 17.4 Å². The lowest BCUT2D eigenvalue weighted by atomic mass is 10.1. The van der Waals surface area contributed by atoms with Crippen LogP contribution in [0.4, 0.5) is 0 Å². The maximum Gasteiger partial charge on any atom is 0.250 e. The normalized spacial score (nSPS) is 11.4. The molecule has 0 saturated carbocycles. The van der Waals surface area contributed by atoms with Crippen LogP contribution in [0, 0.1) is 0 Å². The van der Waals surface area contributed by atoms with Crippen molar-refractivity contribution in [3.63, 3.8) is 0 Å². The third kappa shape index (κ3) is 5.68. The molecule has 0 spiro atoms. The second-order valence-corrected chi connectivity index (χ2v) is 8.91. The first-order valence-corrected chi connectivity index (χ1v) is 11.8. The number of aromatic hydroxyl groups is 1. The molecule has 9 heteroatoms. The number of rotatable bonds is 7. The zero-order valence-corrected chi connectivity index (χ0v) is 20.0. The maximum absolute atomic E-state index is 12.4. The Morgan fingerprint density at radius 3 is 2.42 bits per heavy atom. The zero-order valence-electron chi connectivity index (χ0n) is 17.6. The Bertz CT molecular complexity index is 1270. The van der Waals surface area contributed by atoms with Gasteiger partial charge in [-0.05, 0) is 61.0 Å². The molecule has 0 aliphatic carbocycles. The number of nitrogens with one attached hydrogen (secondary N) is 1. The van der Waals surface area contributed by atoms with Crippen molar-refractivity contribution in [2.24, 2.45) is 5.10 Å². The summed E-state index contributed by atoms with van der Waals surface area (Å²) < 4.78 is 2.91. The molecular formula is C24H20BrN5O2S. The highest BCUT2D eigenvalue weighted by Crippen LogP contribution is 2.28.